The van der Waals surface area contributed by atoms with Gasteiger partial charge in [-0.25, -0.2) is 4.98 Å². The smallest absolute Gasteiger partial charge is 0.276 e. The number of allylic oxidation sites excluding steroid dienone is 1. The zero-order chi connectivity index (χ0) is 44.4. The average molecular weight is 863 g/mol. The second-order valence-corrected chi connectivity index (χ2v) is 16.0. The summed E-state index contributed by atoms with van der Waals surface area (Å²) in [6.45, 7) is 14.3. The topological polar surface area (TPSA) is 247 Å². The van der Waals surface area contributed by atoms with Crippen LogP contribution in [0.4, 0.5) is 17.3 Å². The third-order valence-corrected chi connectivity index (χ3v) is 11.4. The van der Waals surface area contributed by atoms with Crippen molar-refractivity contribution in [1.82, 2.24) is 44.6 Å². The highest BCUT2D eigenvalue weighted by Crippen LogP contribution is 2.43. The number of hydrogen-bond acceptors (Lipinski definition) is 13. The first-order valence-corrected chi connectivity index (χ1v) is 21.2. The monoisotopic (exact) mass is 862 g/mol. The molecule has 20 heteroatoms. The number of anilines is 3. The van der Waals surface area contributed by atoms with Crippen molar-refractivity contribution in [2.45, 2.75) is 65.6 Å². The van der Waals surface area contributed by atoms with E-state index in [-0.39, 0.29) is 41.7 Å². The molecule has 3 aromatic heterocycles. The number of benzene rings is 2. The molecule has 6 heterocycles. The van der Waals surface area contributed by atoms with Crippen LogP contribution in [-0.2, 0) is 24.4 Å². The fourth-order valence-corrected chi connectivity index (χ4v) is 8.47. The maximum Gasteiger partial charge on any atom is 0.276 e. The summed E-state index contributed by atoms with van der Waals surface area (Å²) in [7, 11) is 0. The molecule has 3 aliphatic rings. The minimum absolute atomic E-state index is 0.115. The van der Waals surface area contributed by atoms with Crippen molar-refractivity contribution in [1.29, 1.82) is 0 Å². The van der Waals surface area contributed by atoms with Gasteiger partial charge in [-0.15, -0.1) is 0 Å². The van der Waals surface area contributed by atoms with Crippen LogP contribution in [0.25, 0.3) is 11.0 Å². The van der Waals surface area contributed by atoms with Crippen molar-refractivity contribution in [3.8, 4) is 5.75 Å². The predicted molar refractivity (Wildman–Crippen MR) is 236 cm³/mol. The molecule has 8 N–H and O–H groups in total. The highest BCUT2D eigenvalue weighted by Gasteiger charge is 2.44. The van der Waals surface area contributed by atoms with Crippen molar-refractivity contribution in [3.05, 3.63) is 88.5 Å². The van der Waals surface area contributed by atoms with Crippen LogP contribution in [0.5, 0.6) is 5.75 Å². The summed E-state index contributed by atoms with van der Waals surface area (Å²) < 4.78 is 17.6. The van der Waals surface area contributed by atoms with E-state index in [0.717, 1.165) is 39.1 Å². The lowest BCUT2D eigenvalue weighted by Gasteiger charge is -2.51. The van der Waals surface area contributed by atoms with Crippen molar-refractivity contribution < 1.29 is 28.7 Å². The lowest BCUT2D eigenvalue weighted by molar-refractivity contribution is -0.156. The summed E-state index contributed by atoms with van der Waals surface area (Å²) in [5.74, 6) is -1.26. The highest BCUT2D eigenvalue weighted by molar-refractivity contribution is 6.04. The van der Waals surface area contributed by atoms with Gasteiger partial charge in [0.25, 0.3) is 11.8 Å². The number of likely N-dealkylation sites (tertiary alicyclic amines) is 1. The van der Waals surface area contributed by atoms with Gasteiger partial charge in [0.1, 0.15) is 28.4 Å². The molecule has 0 radical (unpaired) electrons. The first-order valence-electron chi connectivity index (χ1n) is 21.2. The van der Waals surface area contributed by atoms with Crippen LogP contribution in [0.3, 0.4) is 0 Å². The summed E-state index contributed by atoms with van der Waals surface area (Å²) in [5, 5.41) is 21.7. The van der Waals surface area contributed by atoms with Crippen LogP contribution < -0.4 is 42.4 Å². The van der Waals surface area contributed by atoms with Crippen LogP contribution >= 0.6 is 0 Å². The number of aromatic nitrogens is 6. The largest absolute Gasteiger partial charge is 0.491 e. The lowest BCUT2D eigenvalue weighted by atomic mass is 9.92. The Kier molecular flexibility index (Phi) is 12.2. The van der Waals surface area contributed by atoms with E-state index < -0.39 is 24.0 Å². The van der Waals surface area contributed by atoms with Crippen LogP contribution in [0.15, 0.2) is 54.6 Å². The molecular formula is C43H54N14O6. The number of carbonyl (C=O) groups excluding carboxylic acids is 4. The normalized spacial score (nSPS) is 16.9. The van der Waals surface area contributed by atoms with Crippen LogP contribution in [0.1, 0.15) is 73.3 Å². The number of rotatable bonds is 17. The molecule has 5 aromatic rings. The molecule has 1 atom stereocenters. The second-order valence-electron chi connectivity index (χ2n) is 16.0. The maximum atomic E-state index is 13.9. The number of imidazole rings is 1. The van der Waals surface area contributed by atoms with Gasteiger partial charge in [-0.05, 0) is 76.6 Å². The minimum atomic E-state index is -0.771. The van der Waals surface area contributed by atoms with E-state index >= 15 is 0 Å². The summed E-state index contributed by atoms with van der Waals surface area (Å²) in [5.41, 5.74) is 16.3. The standard InChI is InChI=1S/C43H54N14O6/c1-5-56-33(18-26(3)51-56)39(60)49-41-47-30-20-28(37(44)58)10-11-32(30)54(41)14-7-8-15-55-36-31(48-42(55)50-40(61)34-19-27(4)52-57(34)6-2)21-29(38(45)59)22-35(36)62-16-9-13-53-24-43(25-53)23-46-12-17-63-43/h7-8,10-11,18-22,42,46,48H,5-6,9,12-17,23-25H2,1-4H3,(H2,44,58)(H2,45,59)(H,50,61)(H,47,49,60)/b8-7+. The molecule has 2 fully saturated rings. The molecule has 3 aliphatic heterocycles. The first-order chi connectivity index (χ1) is 30.3. The number of aryl methyl sites for hydroxylation is 4. The molecular weight excluding hydrogens is 809 g/mol. The number of carbonyl (C=O) groups is 4. The summed E-state index contributed by atoms with van der Waals surface area (Å²) >= 11 is 0. The Hall–Kier alpha value is -6.77. The second kappa shape index (κ2) is 17.9. The number of hydrogen-bond donors (Lipinski definition) is 6. The third kappa shape index (κ3) is 8.95. The maximum absolute atomic E-state index is 13.9. The molecule has 0 bridgehead atoms. The molecule has 2 aromatic carbocycles. The van der Waals surface area contributed by atoms with Gasteiger partial charge in [0.2, 0.25) is 17.8 Å². The first kappa shape index (κ1) is 42.9. The van der Waals surface area contributed by atoms with Crippen LogP contribution in [0, 0.1) is 13.8 Å². The van der Waals surface area contributed by atoms with Crippen molar-refractivity contribution in [2.75, 3.05) is 68.0 Å². The number of primary amides is 2. The van der Waals surface area contributed by atoms with Crippen molar-refractivity contribution in [3.63, 3.8) is 0 Å². The highest BCUT2D eigenvalue weighted by atomic mass is 16.5. The molecule has 20 nitrogen and oxygen atoms in total. The minimum Gasteiger partial charge on any atom is -0.491 e. The molecule has 1 unspecified atom stereocenters. The SMILES string of the molecule is CCn1nc(C)cc1C(=O)Nc1nc2cc(C(N)=O)ccc2n1C/C=C/CN1c2c(cc(C(N)=O)cc2OCCCN2CC3(CNCCO3)C2)NC1NC(=O)c1cc(C)nn1CC. The van der Waals surface area contributed by atoms with E-state index in [1.165, 1.54) is 0 Å². The number of ether oxygens (including phenoxy) is 2. The summed E-state index contributed by atoms with van der Waals surface area (Å²) in [4.78, 5) is 61.1. The van der Waals surface area contributed by atoms with Gasteiger partial charge in [-0.1, -0.05) is 12.2 Å². The van der Waals surface area contributed by atoms with E-state index in [2.05, 4.69) is 41.3 Å². The molecule has 0 saturated carbocycles. The van der Waals surface area contributed by atoms with Gasteiger partial charge in [0.15, 0.2) is 6.29 Å². The zero-order valence-electron chi connectivity index (χ0n) is 35.9. The van der Waals surface area contributed by atoms with Crippen molar-refractivity contribution >= 4 is 52.0 Å². The van der Waals surface area contributed by atoms with Gasteiger partial charge in [-0.2, -0.15) is 10.2 Å². The van der Waals surface area contributed by atoms with E-state index in [4.69, 9.17) is 20.9 Å². The van der Waals surface area contributed by atoms with E-state index in [1.54, 1.807) is 51.8 Å². The molecule has 0 aliphatic carbocycles. The Balaban J connectivity index is 1.06. The molecule has 332 valence electrons. The van der Waals surface area contributed by atoms with Crippen molar-refractivity contribution in [2.24, 2.45) is 11.5 Å². The summed E-state index contributed by atoms with van der Waals surface area (Å²) in [6, 6.07) is 11.7. The van der Waals surface area contributed by atoms with E-state index in [0.29, 0.717) is 77.2 Å². The molecule has 4 amide bonds. The fraction of sp³-hybridized carbons (Fsp3) is 0.419. The van der Waals surface area contributed by atoms with Gasteiger partial charge in [-0.3, -0.25) is 38.8 Å². The zero-order valence-corrected chi connectivity index (χ0v) is 35.9. The quantitative estimate of drug-likeness (QED) is 0.0581. The van der Waals surface area contributed by atoms with Gasteiger partial charge in [0.05, 0.1) is 41.3 Å². The average Bonchev–Trinajstić information content (AvgIpc) is 4.02. The molecule has 63 heavy (non-hydrogen) atoms. The number of morpholine rings is 1. The van der Waals surface area contributed by atoms with Crippen LogP contribution in [0.2, 0.25) is 0 Å². The Bertz CT molecular complexity index is 2580. The molecule has 1 spiro atoms. The third-order valence-electron chi connectivity index (χ3n) is 11.4. The van der Waals surface area contributed by atoms with Gasteiger partial charge in [0, 0.05) is 70.0 Å². The Labute approximate surface area is 363 Å². The molecule has 2 saturated heterocycles. The number of nitrogens with two attached hydrogens (primary N) is 2. The Morgan fingerprint density at radius 1 is 0.921 bits per heavy atom. The Morgan fingerprint density at radius 3 is 2.29 bits per heavy atom. The Morgan fingerprint density at radius 2 is 1.62 bits per heavy atom. The number of nitrogens with one attached hydrogen (secondary N) is 4. The van der Waals surface area contributed by atoms with Gasteiger partial charge < -0.3 is 46.4 Å². The van der Waals surface area contributed by atoms with E-state index in [9.17, 15) is 19.2 Å². The number of fused-ring (bicyclic) bond motifs is 2. The molecule has 8 rings (SSSR count). The van der Waals surface area contributed by atoms with Gasteiger partial charge >= 0.3 is 0 Å². The number of amides is 4. The fourth-order valence-electron chi connectivity index (χ4n) is 8.47. The number of nitrogens with zero attached hydrogens (tertiary/aromatic N) is 8. The van der Waals surface area contributed by atoms with Crippen LogP contribution in [-0.4, -0.2) is 122 Å². The van der Waals surface area contributed by atoms with E-state index in [1.807, 2.05) is 49.3 Å². The predicted octanol–water partition coefficient (Wildman–Crippen LogP) is 2.18. The summed E-state index contributed by atoms with van der Waals surface area (Å²) in [6.07, 6.45) is 3.79. The lowest BCUT2D eigenvalue weighted by Crippen LogP contribution is -2.69.